The van der Waals surface area contributed by atoms with E-state index in [4.69, 9.17) is 4.74 Å². The van der Waals surface area contributed by atoms with E-state index in [9.17, 15) is 5.11 Å². The third kappa shape index (κ3) is 4.31. The lowest BCUT2D eigenvalue weighted by molar-refractivity contribution is 0.108. The van der Waals surface area contributed by atoms with Crippen LogP contribution in [0.25, 0.3) is 0 Å². The van der Waals surface area contributed by atoms with Gasteiger partial charge >= 0.3 is 0 Å². The maximum Gasteiger partial charge on any atom is 0.119 e. The summed E-state index contributed by atoms with van der Waals surface area (Å²) in [6, 6.07) is 18.4. The number of aliphatic hydroxyl groups excluding tert-OH is 1. The smallest absolute Gasteiger partial charge is 0.119 e. The van der Waals surface area contributed by atoms with Gasteiger partial charge in [-0.1, -0.05) is 42.5 Å². The van der Waals surface area contributed by atoms with Crippen LogP contribution in [0.1, 0.15) is 30.1 Å². The van der Waals surface area contributed by atoms with Gasteiger partial charge in [-0.15, -0.1) is 0 Å². The Hall–Kier alpha value is -1.84. The number of nitrogens with one attached hydrogen (secondary N) is 1. The van der Waals surface area contributed by atoms with E-state index < -0.39 is 6.10 Å². The fourth-order valence-corrected chi connectivity index (χ4v) is 2.20. The molecule has 1 fully saturated rings. The highest BCUT2D eigenvalue weighted by Crippen LogP contribution is 2.20. The number of rotatable bonds is 7. The number of aliphatic hydroxyl groups is 1. The first kappa shape index (κ1) is 14.1. The molecule has 2 aromatic rings. The molecule has 0 saturated heterocycles. The Kier molecular flexibility index (Phi) is 4.53. The van der Waals surface area contributed by atoms with E-state index in [1.165, 1.54) is 18.4 Å². The van der Waals surface area contributed by atoms with Gasteiger partial charge in [-0.2, -0.15) is 0 Å². The summed E-state index contributed by atoms with van der Waals surface area (Å²) in [6.45, 7) is 1.18. The molecule has 3 rings (SSSR count). The molecule has 0 aromatic heterocycles. The molecule has 1 atom stereocenters. The second-order valence-corrected chi connectivity index (χ2v) is 5.54. The number of hydrogen-bond donors (Lipinski definition) is 2. The molecule has 0 bridgehead atoms. The van der Waals surface area contributed by atoms with Crippen molar-refractivity contribution >= 4 is 0 Å². The molecule has 2 N–H and O–H groups in total. The Morgan fingerprint density at radius 2 is 1.76 bits per heavy atom. The lowest BCUT2D eigenvalue weighted by Crippen LogP contribution is -2.15. The average molecular weight is 283 g/mol. The predicted molar refractivity (Wildman–Crippen MR) is 83.2 cm³/mol. The minimum atomic E-state index is -0.595. The van der Waals surface area contributed by atoms with Gasteiger partial charge in [0.1, 0.15) is 18.5 Å². The molecule has 0 radical (unpaired) electrons. The molecule has 1 unspecified atom stereocenters. The largest absolute Gasteiger partial charge is 0.491 e. The first-order valence-electron chi connectivity index (χ1n) is 7.49. The first-order valence-corrected chi connectivity index (χ1v) is 7.49. The lowest BCUT2D eigenvalue weighted by Gasteiger charge is -2.13. The molecule has 110 valence electrons. The predicted octanol–water partition coefficient (Wildman–Crippen LogP) is 3.05. The molecule has 21 heavy (non-hydrogen) atoms. The van der Waals surface area contributed by atoms with Crippen LogP contribution in [0.3, 0.4) is 0 Å². The van der Waals surface area contributed by atoms with Crippen LogP contribution in [0.15, 0.2) is 54.6 Å². The van der Waals surface area contributed by atoms with Gasteiger partial charge in [0, 0.05) is 12.6 Å². The SMILES string of the molecule is OC(COc1ccc(CNC2CC2)cc1)c1ccccc1. The van der Waals surface area contributed by atoms with Gasteiger partial charge < -0.3 is 15.2 Å². The average Bonchev–Trinajstić information content (AvgIpc) is 3.37. The standard InChI is InChI=1S/C18H21NO2/c20-18(15-4-2-1-3-5-15)13-21-17-10-6-14(7-11-17)12-19-16-8-9-16/h1-7,10-11,16,18-20H,8-9,12-13H2. The quantitative estimate of drug-likeness (QED) is 0.820. The summed E-state index contributed by atoms with van der Waals surface area (Å²) in [5.74, 6) is 0.792. The number of benzene rings is 2. The Bertz CT molecular complexity index is 549. The van der Waals surface area contributed by atoms with Crippen molar-refractivity contribution in [3.05, 3.63) is 65.7 Å². The summed E-state index contributed by atoms with van der Waals surface area (Å²) in [7, 11) is 0. The normalized spacial score (nSPS) is 15.7. The van der Waals surface area contributed by atoms with Crippen LogP contribution in [0.4, 0.5) is 0 Å². The van der Waals surface area contributed by atoms with E-state index in [2.05, 4.69) is 17.4 Å². The molecule has 1 saturated carbocycles. The molecule has 0 spiro atoms. The van der Waals surface area contributed by atoms with Crippen molar-refractivity contribution in [1.82, 2.24) is 5.32 Å². The first-order chi connectivity index (χ1) is 10.3. The van der Waals surface area contributed by atoms with Gasteiger partial charge in [-0.05, 0) is 36.1 Å². The summed E-state index contributed by atoms with van der Waals surface area (Å²) < 4.78 is 5.64. The summed E-state index contributed by atoms with van der Waals surface area (Å²) in [4.78, 5) is 0. The Balaban J connectivity index is 1.48. The zero-order valence-corrected chi connectivity index (χ0v) is 12.0. The fourth-order valence-electron chi connectivity index (χ4n) is 2.20. The van der Waals surface area contributed by atoms with Crippen LogP contribution in [-0.2, 0) is 6.54 Å². The third-order valence-electron chi connectivity index (χ3n) is 3.69. The number of hydrogen-bond acceptors (Lipinski definition) is 3. The molecule has 1 aliphatic rings. The van der Waals surface area contributed by atoms with Crippen LogP contribution < -0.4 is 10.1 Å². The second-order valence-electron chi connectivity index (χ2n) is 5.54. The molecular weight excluding hydrogens is 262 g/mol. The van der Waals surface area contributed by atoms with Crippen molar-refractivity contribution in [2.45, 2.75) is 31.5 Å². The molecule has 3 heteroatoms. The van der Waals surface area contributed by atoms with Crippen LogP contribution in [0.5, 0.6) is 5.75 Å². The van der Waals surface area contributed by atoms with E-state index in [1.807, 2.05) is 42.5 Å². The van der Waals surface area contributed by atoms with Gasteiger partial charge in [-0.3, -0.25) is 0 Å². The molecule has 2 aromatic carbocycles. The van der Waals surface area contributed by atoms with E-state index in [1.54, 1.807) is 0 Å². The second kappa shape index (κ2) is 6.74. The molecular formula is C18H21NO2. The Morgan fingerprint density at radius 1 is 1.05 bits per heavy atom. The molecule has 3 nitrogen and oxygen atoms in total. The van der Waals surface area contributed by atoms with Crippen molar-refractivity contribution in [2.75, 3.05) is 6.61 Å². The minimum Gasteiger partial charge on any atom is -0.491 e. The summed E-state index contributed by atoms with van der Waals surface area (Å²) in [5.41, 5.74) is 2.14. The van der Waals surface area contributed by atoms with Crippen LogP contribution in [-0.4, -0.2) is 17.8 Å². The lowest BCUT2D eigenvalue weighted by atomic mass is 10.1. The fraction of sp³-hybridized carbons (Fsp3) is 0.333. The number of ether oxygens (including phenoxy) is 1. The van der Waals surface area contributed by atoms with E-state index in [0.29, 0.717) is 0 Å². The van der Waals surface area contributed by atoms with E-state index >= 15 is 0 Å². The van der Waals surface area contributed by atoms with Gasteiger partial charge in [0.2, 0.25) is 0 Å². The summed E-state index contributed by atoms with van der Waals surface area (Å²) in [6.07, 6.45) is 2.01. The van der Waals surface area contributed by atoms with Crippen molar-refractivity contribution in [3.63, 3.8) is 0 Å². The van der Waals surface area contributed by atoms with Crippen molar-refractivity contribution in [1.29, 1.82) is 0 Å². The third-order valence-corrected chi connectivity index (χ3v) is 3.69. The highest BCUT2D eigenvalue weighted by molar-refractivity contribution is 5.27. The summed E-state index contributed by atoms with van der Waals surface area (Å²) in [5, 5.41) is 13.5. The van der Waals surface area contributed by atoms with E-state index in [-0.39, 0.29) is 6.61 Å². The monoisotopic (exact) mass is 283 g/mol. The van der Waals surface area contributed by atoms with E-state index in [0.717, 1.165) is 23.9 Å². The van der Waals surface area contributed by atoms with Crippen molar-refractivity contribution in [2.24, 2.45) is 0 Å². The molecule has 0 amide bonds. The topological polar surface area (TPSA) is 41.5 Å². The zero-order chi connectivity index (χ0) is 14.5. The summed E-state index contributed by atoms with van der Waals surface area (Å²) >= 11 is 0. The van der Waals surface area contributed by atoms with Gasteiger partial charge in [0.25, 0.3) is 0 Å². The highest BCUT2D eigenvalue weighted by atomic mass is 16.5. The molecule has 0 aliphatic heterocycles. The minimum absolute atomic E-state index is 0.268. The zero-order valence-electron chi connectivity index (χ0n) is 12.0. The Labute approximate surface area is 125 Å². The maximum atomic E-state index is 10.1. The Morgan fingerprint density at radius 3 is 2.43 bits per heavy atom. The molecule has 0 heterocycles. The van der Waals surface area contributed by atoms with Gasteiger partial charge in [0.15, 0.2) is 0 Å². The highest BCUT2D eigenvalue weighted by Gasteiger charge is 2.19. The van der Waals surface area contributed by atoms with Crippen LogP contribution >= 0.6 is 0 Å². The van der Waals surface area contributed by atoms with Crippen LogP contribution in [0.2, 0.25) is 0 Å². The molecule has 1 aliphatic carbocycles. The maximum absolute atomic E-state index is 10.1. The van der Waals surface area contributed by atoms with Crippen molar-refractivity contribution < 1.29 is 9.84 Å². The van der Waals surface area contributed by atoms with Gasteiger partial charge in [0.05, 0.1) is 0 Å². The van der Waals surface area contributed by atoms with Gasteiger partial charge in [-0.25, -0.2) is 0 Å². The van der Waals surface area contributed by atoms with Crippen LogP contribution in [0, 0.1) is 0 Å². The van der Waals surface area contributed by atoms with Crippen molar-refractivity contribution in [3.8, 4) is 5.75 Å².